The zero-order valence-electron chi connectivity index (χ0n) is 23.3. The third kappa shape index (κ3) is 6.41. The molecule has 0 unspecified atom stereocenters. The molecule has 1 aromatic heterocycles. The smallest absolute Gasteiger partial charge is 0.338 e. The first-order valence-corrected chi connectivity index (χ1v) is 14.2. The molecule has 0 fully saturated rings. The van der Waals surface area contributed by atoms with E-state index < -0.39 is 26.6 Å². The molecule has 0 aliphatic heterocycles. The number of esters is 1. The van der Waals surface area contributed by atoms with Crippen molar-refractivity contribution in [1.82, 2.24) is 4.57 Å². The standard InChI is InChI=1S/C29H29N5O7S/c1-5-41-29(35)21-10-12-23(13-11-21)33-19(2)16-22(20(33)3)18-30-31-26-15-14-24(34(36)37)17-28(26)42(38,39)32-25-8-6-7-9-27(25)40-4/h6-18,31-32H,5H2,1-4H3/b30-18-. The highest BCUT2D eigenvalue weighted by molar-refractivity contribution is 7.93. The minimum atomic E-state index is -4.30. The van der Waals surface area contributed by atoms with Gasteiger partial charge in [-0.1, -0.05) is 12.1 Å². The Kier molecular flexibility index (Phi) is 8.91. The number of nitro groups is 1. The Hall–Kier alpha value is -5.17. The summed E-state index contributed by atoms with van der Waals surface area (Å²) in [6.45, 7) is 5.85. The monoisotopic (exact) mass is 591 g/mol. The molecule has 0 aliphatic carbocycles. The van der Waals surface area contributed by atoms with E-state index >= 15 is 0 Å². The molecule has 0 radical (unpaired) electrons. The third-order valence-corrected chi connectivity index (χ3v) is 7.72. The number of benzene rings is 3. The summed E-state index contributed by atoms with van der Waals surface area (Å²) in [5.41, 5.74) is 6.28. The van der Waals surface area contributed by atoms with Gasteiger partial charge in [-0.3, -0.25) is 20.3 Å². The Balaban J connectivity index is 1.62. The van der Waals surface area contributed by atoms with E-state index in [9.17, 15) is 23.3 Å². The summed E-state index contributed by atoms with van der Waals surface area (Å²) in [4.78, 5) is 22.4. The molecule has 0 amide bonds. The molecule has 42 heavy (non-hydrogen) atoms. The van der Waals surface area contributed by atoms with Crippen LogP contribution in [-0.2, 0) is 14.8 Å². The minimum Gasteiger partial charge on any atom is -0.495 e. The molecule has 0 bridgehead atoms. The van der Waals surface area contributed by atoms with Crippen LogP contribution in [0, 0.1) is 24.0 Å². The van der Waals surface area contributed by atoms with Gasteiger partial charge in [0.05, 0.1) is 41.8 Å². The second kappa shape index (κ2) is 12.6. The lowest BCUT2D eigenvalue weighted by atomic mass is 10.2. The van der Waals surface area contributed by atoms with Crippen molar-refractivity contribution in [3.8, 4) is 11.4 Å². The number of hydrogen-bond acceptors (Lipinski definition) is 9. The summed E-state index contributed by atoms with van der Waals surface area (Å²) in [6, 6.07) is 18.7. The maximum Gasteiger partial charge on any atom is 0.338 e. The number of para-hydroxylation sites is 2. The van der Waals surface area contributed by atoms with Crippen LogP contribution >= 0.6 is 0 Å². The lowest BCUT2D eigenvalue weighted by molar-refractivity contribution is -0.385. The van der Waals surface area contributed by atoms with E-state index in [0.29, 0.717) is 12.2 Å². The molecule has 2 N–H and O–H groups in total. The van der Waals surface area contributed by atoms with E-state index in [4.69, 9.17) is 9.47 Å². The van der Waals surface area contributed by atoms with Gasteiger partial charge in [0, 0.05) is 34.8 Å². The van der Waals surface area contributed by atoms with Crippen LogP contribution in [0.3, 0.4) is 0 Å². The Morgan fingerprint density at radius 2 is 1.76 bits per heavy atom. The van der Waals surface area contributed by atoms with E-state index in [1.54, 1.807) is 37.3 Å². The highest BCUT2D eigenvalue weighted by Gasteiger charge is 2.24. The summed E-state index contributed by atoms with van der Waals surface area (Å²) >= 11 is 0. The summed E-state index contributed by atoms with van der Waals surface area (Å²) in [6.07, 6.45) is 1.53. The number of nitro benzene ring substituents is 1. The number of non-ortho nitro benzene ring substituents is 1. The quantitative estimate of drug-likeness (QED) is 0.101. The zero-order valence-corrected chi connectivity index (χ0v) is 24.1. The fourth-order valence-corrected chi connectivity index (χ4v) is 5.56. The van der Waals surface area contributed by atoms with Crippen molar-refractivity contribution in [2.24, 2.45) is 5.10 Å². The van der Waals surface area contributed by atoms with E-state index in [0.717, 1.165) is 28.7 Å². The van der Waals surface area contributed by atoms with Gasteiger partial charge in [-0.15, -0.1) is 0 Å². The van der Waals surface area contributed by atoms with Crippen LogP contribution in [0.2, 0.25) is 0 Å². The molecule has 3 aromatic carbocycles. The van der Waals surface area contributed by atoms with Crippen molar-refractivity contribution < 1.29 is 27.6 Å². The predicted molar refractivity (Wildman–Crippen MR) is 159 cm³/mol. The number of carbonyl (C=O) groups is 1. The second-order valence-corrected chi connectivity index (χ2v) is 10.7. The van der Waals surface area contributed by atoms with E-state index in [-0.39, 0.29) is 22.0 Å². The molecule has 1 heterocycles. The molecule has 0 saturated heterocycles. The maximum atomic E-state index is 13.3. The number of ether oxygens (including phenoxy) is 2. The van der Waals surface area contributed by atoms with Crippen molar-refractivity contribution in [2.75, 3.05) is 23.9 Å². The number of aromatic nitrogens is 1. The van der Waals surface area contributed by atoms with Crippen LogP contribution in [0.4, 0.5) is 17.1 Å². The number of nitrogens with one attached hydrogen (secondary N) is 2. The lowest BCUT2D eigenvalue weighted by Gasteiger charge is -2.14. The fraction of sp³-hybridized carbons (Fsp3) is 0.172. The molecule has 4 rings (SSSR count). The Morgan fingerprint density at radius 3 is 2.43 bits per heavy atom. The van der Waals surface area contributed by atoms with Crippen molar-refractivity contribution in [2.45, 2.75) is 25.7 Å². The molecule has 0 aliphatic rings. The first-order chi connectivity index (χ1) is 20.1. The van der Waals surface area contributed by atoms with Gasteiger partial charge in [0.2, 0.25) is 0 Å². The van der Waals surface area contributed by atoms with Crippen molar-refractivity contribution >= 4 is 39.3 Å². The Morgan fingerprint density at radius 1 is 1.05 bits per heavy atom. The van der Waals surface area contributed by atoms with Gasteiger partial charge < -0.3 is 14.0 Å². The van der Waals surface area contributed by atoms with Gasteiger partial charge in [0.25, 0.3) is 15.7 Å². The number of anilines is 2. The summed E-state index contributed by atoms with van der Waals surface area (Å²) in [7, 11) is -2.90. The number of hydrogen-bond donors (Lipinski definition) is 2. The lowest BCUT2D eigenvalue weighted by Crippen LogP contribution is -2.15. The number of aryl methyl sites for hydroxylation is 1. The largest absolute Gasteiger partial charge is 0.495 e. The molecule has 13 heteroatoms. The van der Waals surface area contributed by atoms with E-state index in [1.807, 2.05) is 36.6 Å². The minimum absolute atomic E-state index is 0.0302. The summed E-state index contributed by atoms with van der Waals surface area (Å²) in [5, 5.41) is 15.6. The third-order valence-electron chi connectivity index (χ3n) is 6.31. The van der Waals surface area contributed by atoms with Gasteiger partial charge in [0.1, 0.15) is 10.6 Å². The van der Waals surface area contributed by atoms with Crippen LogP contribution in [0.1, 0.15) is 34.2 Å². The van der Waals surface area contributed by atoms with Crippen LogP contribution in [-0.4, -0.2) is 43.8 Å². The normalized spacial score (nSPS) is 11.3. The highest BCUT2D eigenvalue weighted by Crippen LogP contribution is 2.31. The molecule has 12 nitrogen and oxygen atoms in total. The number of nitrogens with zero attached hydrogens (tertiary/aromatic N) is 3. The van der Waals surface area contributed by atoms with Crippen LogP contribution < -0.4 is 14.9 Å². The Labute approximate surface area is 242 Å². The van der Waals surface area contributed by atoms with Crippen molar-refractivity contribution in [3.05, 3.63) is 105 Å². The first-order valence-electron chi connectivity index (χ1n) is 12.8. The average Bonchev–Trinajstić information content (AvgIpc) is 3.25. The number of rotatable bonds is 11. The SMILES string of the molecule is CCOC(=O)c1ccc(-n2c(C)cc(/C=N\Nc3ccc([N+](=O)[O-])cc3S(=O)(=O)Nc3ccccc3OC)c2C)cc1. The van der Waals surface area contributed by atoms with Crippen molar-refractivity contribution in [3.63, 3.8) is 0 Å². The van der Waals surface area contributed by atoms with Gasteiger partial charge >= 0.3 is 5.97 Å². The molecule has 4 aromatic rings. The fourth-order valence-electron chi connectivity index (χ4n) is 4.32. The number of hydrazone groups is 1. The molecular weight excluding hydrogens is 562 g/mol. The molecule has 0 spiro atoms. The zero-order chi connectivity index (χ0) is 30.4. The van der Waals surface area contributed by atoms with Crippen molar-refractivity contribution in [1.29, 1.82) is 0 Å². The topological polar surface area (TPSA) is 154 Å². The van der Waals surface area contributed by atoms with Gasteiger partial charge in [0.15, 0.2) is 0 Å². The predicted octanol–water partition coefficient (Wildman–Crippen LogP) is 5.43. The van der Waals surface area contributed by atoms with Crippen LogP contribution in [0.15, 0.2) is 82.8 Å². The second-order valence-electron chi connectivity index (χ2n) is 9.04. The Bertz CT molecular complexity index is 1760. The van der Waals surface area contributed by atoms with E-state index in [2.05, 4.69) is 15.2 Å². The molecular formula is C29H29N5O7S. The summed E-state index contributed by atoms with van der Waals surface area (Å²) < 4.78 is 41.4. The van der Waals surface area contributed by atoms with Gasteiger partial charge in [-0.2, -0.15) is 5.10 Å². The number of sulfonamides is 1. The number of methoxy groups -OCH3 is 1. The number of carbonyl (C=O) groups excluding carboxylic acids is 1. The molecule has 0 saturated carbocycles. The molecule has 218 valence electrons. The average molecular weight is 592 g/mol. The van der Waals surface area contributed by atoms with Crippen LogP contribution in [0.25, 0.3) is 5.69 Å². The highest BCUT2D eigenvalue weighted by atomic mass is 32.2. The van der Waals surface area contributed by atoms with Crippen LogP contribution in [0.5, 0.6) is 5.75 Å². The summed E-state index contributed by atoms with van der Waals surface area (Å²) in [5.74, 6) is -0.112. The van der Waals surface area contributed by atoms with E-state index in [1.165, 1.54) is 31.5 Å². The van der Waals surface area contributed by atoms with Gasteiger partial charge in [-0.25, -0.2) is 13.2 Å². The maximum absolute atomic E-state index is 13.3. The first kappa shape index (κ1) is 29.8. The van der Waals surface area contributed by atoms with Gasteiger partial charge in [-0.05, 0) is 69.3 Å². The molecule has 0 atom stereocenters.